The Balaban J connectivity index is 2.28. The predicted molar refractivity (Wildman–Crippen MR) is 65.1 cm³/mol. The van der Waals surface area contributed by atoms with Crippen LogP contribution in [0.25, 0.3) is 0 Å². The number of carbonyl (C=O) groups is 1. The van der Waals surface area contributed by atoms with Crippen LogP contribution in [-0.2, 0) is 11.3 Å². The number of rotatable bonds is 2. The van der Waals surface area contributed by atoms with Gasteiger partial charge in [-0.2, -0.15) is 0 Å². The van der Waals surface area contributed by atoms with E-state index in [1.54, 1.807) is 17.0 Å². The van der Waals surface area contributed by atoms with Gasteiger partial charge >= 0.3 is 0 Å². The zero-order valence-electron chi connectivity index (χ0n) is 9.79. The molecule has 0 spiro atoms. The van der Waals surface area contributed by atoms with Crippen LogP contribution in [0.5, 0.6) is 0 Å². The number of halogens is 1. The first kappa shape index (κ1) is 12.0. The largest absolute Gasteiger partial charge is 0.326 e. The van der Waals surface area contributed by atoms with Gasteiger partial charge in [0.05, 0.1) is 0 Å². The fourth-order valence-corrected chi connectivity index (χ4v) is 2.14. The van der Waals surface area contributed by atoms with Crippen LogP contribution in [-0.4, -0.2) is 12.5 Å². The van der Waals surface area contributed by atoms with Gasteiger partial charge in [-0.15, -0.1) is 0 Å². The van der Waals surface area contributed by atoms with Crippen molar-refractivity contribution in [3.8, 4) is 0 Å². The molecule has 2 N–H and O–H groups in total. The molecule has 1 heterocycles. The molecule has 0 bridgehead atoms. The van der Waals surface area contributed by atoms with Gasteiger partial charge in [-0.3, -0.25) is 4.79 Å². The first-order chi connectivity index (χ1) is 8.22. The SMILES string of the molecule is NCc1cc(N2CCCCCC2=O)ccc1F. The molecule has 1 aromatic carbocycles. The van der Waals surface area contributed by atoms with Crippen LogP contribution in [0, 0.1) is 5.82 Å². The van der Waals surface area contributed by atoms with Crippen LogP contribution in [0.15, 0.2) is 18.2 Å². The molecular weight excluding hydrogens is 219 g/mol. The van der Waals surface area contributed by atoms with Crippen LogP contribution in [0.1, 0.15) is 31.2 Å². The van der Waals surface area contributed by atoms with Crippen molar-refractivity contribution in [3.63, 3.8) is 0 Å². The molecule has 2 rings (SSSR count). The molecule has 0 saturated carbocycles. The fraction of sp³-hybridized carbons (Fsp3) is 0.462. The minimum absolute atomic E-state index is 0.122. The number of nitrogens with zero attached hydrogens (tertiary/aromatic N) is 1. The molecule has 1 aromatic rings. The molecule has 1 aliphatic rings. The molecule has 4 heteroatoms. The van der Waals surface area contributed by atoms with E-state index in [4.69, 9.17) is 5.73 Å². The summed E-state index contributed by atoms with van der Waals surface area (Å²) >= 11 is 0. The number of hydrogen-bond acceptors (Lipinski definition) is 2. The Hall–Kier alpha value is -1.42. The van der Waals surface area contributed by atoms with Gasteiger partial charge in [0.1, 0.15) is 5.82 Å². The van der Waals surface area contributed by atoms with Crippen molar-refractivity contribution in [1.82, 2.24) is 0 Å². The van der Waals surface area contributed by atoms with Gasteiger partial charge in [-0.05, 0) is 31.0 Å². The van der Waals surface area contributed by atoms with E-state index >= 15 is 0 Å². The van der Waals surface area contributed by atoms with Crippen molar-refractivity contribution in [2.75, 3.05) is 11.4 Å². The zero-order chi connectivity index (χ0) is 12.3. The highest BCUT2D eigenvalue weighted by atomic mass is 19.1. The maximum absolute atomic E-state index is 13.3. The first-order valence-electron chi connectivity index (χ1n) is 6.01. The minimum atomic E-state index is -0.307. The third-order valence-electron chi connectivity index (χ3n) is 3.13. The lowest BCUT2D eigenvalue weighted by Gasteiger charge is -2.21. The fourth-order valence-electron chi connectivity index (χ4n) is 2.14. The van der Waals surface area contributed by atoms with Crippen molar-refractivity contribution in [2.45, 2.75) is 32.2 Å². The average Bonchev–Trinajstić information content (AvgIpc) is 2.55. The number of anilines is 1. The van der Waals surface area contributed by atoms with Gasteiger partial charge in [0.2, 0.25) is 5.91 Å². The van der Waals surface area contributed by atoms with Crippen molar-refractivity contribution in [2.24, 2.45) is 5.73 Å². The van der Waals surface area contributed by atoms with Crippen LogP contribution in [0.2, 0.25) is 0 Å². The molecule has 1 fully saturated rings. The van der Waals surface area contributed by atoms with Crippen molar-refractivity contribution in [3.05, 3.63) is 29.6 Å². The number of amides is 1. The highest BCUT2D eigenvalue weighted by Crippen LogP contribution is 2.22. The van der Waals surface area contributed by atoms with Crippen LogP contribution in [0.4, 0.5) is 10.1 Å². The van der Waals surface area contributed by atoms with Gasteiger partial charge in [0.15, 0.2) is 0 Å². The topological polar surface area (TPSA) is 46.3 Å². The van der Waals surface area contributed by atoms with Gasteiger partial charge in [0, 0.05) is 30.8 Å². The quantitative estimate of drug-likeness (QED) is 0.855. The normalized spacial score (nSPS) is 17.1. The lowest BCUT2D eigenvalue weighted by atomic mass is 10.1. The summed E-state index contributed by atoms with van der Waals surface area (Å²) in [6, 6.07) is 4.71. The maximum atomic E-state index is 13.3. The first-order valence-corrected chi connectivity index (χ1v) is 6.01. The Kier molecular flexibility index (Phi) is 3.74. The second-order valence-electron chi connectivity index (χ2n) is 4.34. The van der Waals surface area contributed by atoms with Crippen molar-refractivity contribution < 1.29 is 9.18 Å². The lowest BCUT2D eigenvalue weighted by molar-refractivity contribution is -0.118. The highest BCUT2D eigenvalue weighted by Gasteiger charge is 2.18. The van der Waals surface area contributed by atoms with Gasteiger partial charge in [-0.25, -0.2) is 4.39 Å². The summed E-state index contributed by atoms with van der Waals surface area (Å²) < 4.78 is 13.3. The van der Waals surface area contributed by atoms with E-state index in [0.29, 0.717) is 18.5 Å². The second-order valence-corrected chi connectivity index (χ2v) is 4.34. The molecule has 0 atom stereocenters. The van der Waals surface area contributed by atoms with Gasteiger partial charge in [0.25, 0.3) is 0 Å². The van der Waals surface area contributed by atoms with Crippen molar-refractivity contribution >= 4 is 11.6 Å². The summed E-state index contributed by atoms with van der Waals surface area (Å²) in [5.74, 6) is -0.185. The summed E-state index contributed by atoms with van der Waals surface area (Å²) in [5, 5.41) is 0. The summed E-state index contributed by atoms with van der Waals surface area (Å²) in [4.78, 5) is 13.6. The van der Waals surface area contributed by atoms with E-state index in [-0.39, 0.29) is 18.3 Å². The Bertz CT molecular complexity index is 420. The molecule has 0 unspecified atom stereocenters. The monoisotopic (exact) mass is 236 g/mol. The minimum Gasteiger partial charge on any atom is -0.326 e. The predicted octanol–water partition coefficient (Wildman–Crippen LogP) is 2.19. The molecule has 0 radical (unpaired) electrons. The van der Waals surface area contributed by atoms with Gasteiger partial charge in [-0.1, -0.05) is 6.42 Å². The maximum Gasteiger partial charge on any atom is 0.226 e. The molecule has 1 saturated heterocycles. The number of carbonyl (C=O) groups excluding carboxylic acids is 1. The molecular formula is C13H17FN2O. The molecule has 92 valence electrons. The second kappa shape index (κ2) is 5.27. The van der Waals surface area contributed by atoms with Crippen molar-refractivity contribution in [1.29, 1.82) is 0 Å². The number of benzene rings is 1. The smallest absolute Gasteiger partial charge is 0.226 e. The third kappa shape index (κ3) is 2.64. The van der Waals surface area contributed by atoms with E-state index in [0.717, 1.165) is 24.9 Å². The van der Waals surface area contributed by atoms with E-state index < -0.39 is 0 Å². The zero-order valence-corrected chi connectivity index (χ0v) is 9.79. The number of nitrogens with two attached hydrogens (primary N) is 1. The van der Waals surface area contributed by atoms with E-state index in [1.165, 1.54) is 6.07 Å². The molecule has 0 aromatic heterocycles. The summed E-state index contributed by atoms with van der Waals surface area (Å²) in [6.45, 7) is 0.871. The van der Waals surface area contributed by atoms with Crippen LogP contribution >= 0.6 is 0 Å². The summed E-state index contributed by atoms with van der Waals surface area (Å²) in [7, 11) is 0. The summed E-state index contributed by atoms with van der Waals surface area (Å²) in [6.07, 6.45) is 3.60. The highest BCUT2D eigenvalue weighted by molar-refractivity contribution is 5.93. The molecule has 17 heavy (non-hydrogen) atoms. The van der Waals surface area contributed by atoms with Crippen LogP contribution in [0.3, 0.4) is 0 Å². The molecule has 1 amide bonds. The average molecular weight is 236 g/mol. The van der Waals surface area contributed by atoms with E-state index in [9.17, 15) is 9.18 Å². The molecule has 0 aliphatic carbocycles. The summed E-state index contributed by atoms with van der Waals surface area (Å²) in [5.41, 5.74) is 6.69. The Morgan fingerprint density at radius 2 is 2.12 bits per heavy atom. The lowest BCUT2D eigenvalue weighted by Crippen LogP contribution is -2.30. The Morgan fingerprint density at radius 3 is 2.88 bits per heavy atom. The Labute approximate surface area is 100 Å². The molecule has 1 aliphatic heterocycles. The number of hydrogen-bond donors (Lipinski definition) is 1. The third-order valence-corrected chi connectivity index (χ3v) is 3.13. The molecule has 3 nitrogen and oxygen atoms in total. The van der Waals surface area contributed by atoms with E-state index in [2.05, 4.69) is 0 Å². The van der Waals surface area contributed by atoms with Crippen LogP contribution < -0.4 is 10.6 Å². The Morgan fingerprint density at radius 1 is 1.29 bits per heavy atom. The van der Waals surface area contributed by atoms with Gasteiger partial charge < -0.3 is 10.6 Å². The van der Waals surface area contributed by atoms with E-state index in [1.807, 2.05) is 0 Å². The standard InChI is InChI=1S/C13H17FN2O/c14-12-6-5-11(8-10(12)9-15)16-7-3-1-2-4-13(16)17/h5-6,8H,1-4,7,9,15H2.